The Kier molecular flexibility index (Phi) is 5.60. The van der Waals surface area contributed by atoms with E-state index in [2.05, 4.69) is 19.6 Å². The van der Waals surface area contributed by atoms with Crippen molar-refractivity contribution < 1.29 is 12.9 Å². The molecule has 2 N–H and O–H groups in total. The minimum absolute atomic E-state index is 0.0758. The molecular weight excluding hydrogens is 328 g/mol. The van der Waals surface area contributed by atoms with Crippen molar-refractivity contribution in [2.45, 2.75) is 44.6 Å². The third kappa shape index (κ3) is 4.86. The molecule has 0 unspecified atom stereocenters. The zero-order chi connectivity index (χ0) is 16.8. The van der Waals surface area contributed by atoms with Crippen LogP contribution < -0.4 is 9.44 Å². The van der Waals surface area contributed by atoms with E-state index in [1.54, 1.807) is 0 Å². The average Bonchev–Trinajstić information content (AvgIpc) is 3.24. The lowest BCUT2D eigenvalue weighted by molar-refractivity contribution is 0.376. The van der Waals surface area contributed by atoms with Crippen LogP contribution in [0.5, 0.6) is 0 Å². The van der Waals surface area contributed by atoms with Gasteiger partial charge in [0, 0.05) is 24.6 Å². The second-order valence-corrected chi connectivity index (χ2v) is 7.51. The quantitative estimate of drug-likeness (QED) is 0.710. The predicted octanol–water partition coefficient (Wildman–Crippen LogP) is 2.04. The predicted molar refractivity (Wildman–Crippen MR) is 90.4 cm³/mol. The number of aromatic nitrogens is 2. The third-order valence-corrected chi connectivity index (χ3v) is 5.26. The van der Waals surface area contributed by atoms with E-state index < -0.39 is 10.2 Å². The van der Waals surface area contributed by atoms with E-state index in [9.17, 15) is 8.42 Å². The smallest absolute Gasteiger partial charge is 0.277 e. The standard InChI is InChI=1S/C16H22N4O3S/c21-24(22,20-14-9-4-5-10-14)17-12-6-11-15-18-16(19-23-15)13-7-2-1-3-8-13/h1-3,7-8,14,17,20H,4-6,9-12H2. The van der Waals surface area contributed by atoms with E-state index >= 15 is 0 Å². The highest BCUT2D eigenvalue weighted by Gasteiger charge is 2.20. The lowest BCUT2D eigenvalue weighted by Gasteiger charge is -2.12. The maximum Gasteiger partial charge on any atom is 0.277 e. The largest absolute Gasteiger partial charge is 0.339 e. The van der Waals surface area contributed by atoms with E-state index in [1.807, 2.05) is 30.3 Å². The van der Waals surface area contributed by atoms with Crippen LogP contribution in [0, 0.1) is 0 Å². The number of hydrogen-bond donors (Lipinski definition) is 2. The lowest BCUT2D eigenvalue weighted by atomic mass is 10.2. The van der Waals surface area contributed by atoms with Crippen LogP contribution >= 0.6 is 0 Å². The molecule has 2 aromatic rings. The van der Waals surface area contributed by atoms with Crippen molar-refractivity contribution in [3.05, 3.63) is 36.2 Å². The van der Waals surface area contributed by atoms with E-state index in [0.29, 0.717) is 31.1 Å². The van der Waals surface area contributed by atoms with Gasteiger partial charge in [-0.25, -0.2) is 4.72 Å². The van der Waals surface area contributed by atoms with Gasteiger partial charge in [0.1, 0.15) is 0 Å². The Labute approximate surface area is 142 Å². The summed E-state index contributed by atoms with van der Waals surface area (Å²) in [6, 6.07) is 9.66. The molecule has 1 fully saturated rings. The summed E-state index contributed by atoms with van der Waals surface area (Å²) in [5.41, 5.74) is 0.897. The number of benzene rings is 1. The molecule has 0 saturated heterocycles. The van der Waals surface area contributed by atoms with Crippen LogP contribution in [0.15, 0.2) is 34.9 Å². The van der Waals surface area contributed by atoms with Gasteiger partial charge >= 0.3 is 0 Å². The fraction of sp³-hybridized carbons (Fsp3) is 0.500. The topological polar surface area (TPSA) is 97.1 Å². The molecule has 0 atom stereocenters. The van der Waals surface area contributed by atoms with Gasteiger partial charge in [0.25, 0.3) is 10.2 Å². The van der Waals surface area contributed by atoms with Gasteiger partial charge in [-0.15, -0.1) is 0 Å². The maximum atomic E-state index is 11.9. The van der Waals surface area contributed by atoms with Crippen LogP contribution in [0.1, 0.15) is 38.0 Å². The minimum Gasteiger partial charge on any atom is -0.339 e. The first-order valence-corrected chi connectivity index (χ1v) is 9.76. The van der Waals surface area contributed by atoms with Crippen LogP contribution in [0.2, 0.25) is 0 Å². The van der Waals surface area contributed by atoms with E-state index in [0.717, 1.165) is 31.2 Å². The zero-order valence-electron chi connectivity index (χ0n) is 13.4. The molecule has 8 heteroatoms. The first kappa shape index (κ1) is 17.1. The maximum absolute atomic E-state index is 11.9. The van der Waals surface area contributed by atoms with Crippen LogP contribution in [-0.4, -0.2) is 31.1 Å². The summed E-state index contributed by atoms with van der Waals surface area (Å²) in [7, 11) is -3.42. The van der Waals surface area contributed by atoms with Gasteiger partial charge in [0.05, 0.1) is 0 Å². The van der Waals surface area contributed by atoms with Gasteiger partial charge in [0.15, 0.2) is 0 Å². The van der Waals surface area contributed by atoms with Crippen LogP contribution in [0.3, 0.4) is 0 Å². The molecule has 0 aliphatic heterocycles. The van der Waals surface area contributed by atoms with Crippen molar-refractivity contribution in [1.82, 2.24) is 19.6 Å². The van der Waals surface area contributed by atoms with Crippen molar-refractivity contribution in [3.63, 3.8) is 0 Å². The van der Waals surface area contributed by atoms with Gasteiger partial charge in [0.2, 0.25) is 11.7 Å². The molecule has 0 radical (unpaired) electrons. The summed E-state index contributed by atoms with van der Waals surface area (Å²) in [5.74, 6) is 1.06. The highest BCUT2D eigenvalue weighted by Crippen LogP contribution is 2.18. The summed E-state index contributed by atoms with van der Waals surface area (Å²) in [5, 5.41) is 3.95. The lowest BCUT2D eigenvalue weighted by Crippen LogP contribution is -2.42. The molecule has 0 bridgehead atoms. The molecule has 1 aromatic carbocycles. The molecule has 7 nitrogen and oxygen atoms in total. The Morgan fingerprint density at radius 3 is 2.67 bits per heavy atom. The number of nitrogens with one attached hydrogen (secondary N) is 2. The summed E-state index contributed by atoms with van der Waals surface area (Å²) < 4.78 is 34.3. The zero-order valence-corrected chi connectivity index (χ0v) is 14.3. The van der Waals surface area contributed by atoms with Gasteiger partial charge < -0.3 is 4.52 Å². The molecule has 1 aliphatic rings. The molecule has 0 spiro atoms. The summed E-state index contributed by atoms with van der Waals surface area (Å²) >= 11 is 0. The molecule has 1 heterocycles. The van der Waals surface area contributed by atoms with Gasteiger partial charge in [-0.05, 0) is 19.3 Å². The fourth-order valence-corrected chi connectivity index (χ4v) is 3.98. The van der Waals surface area contributed by atoms with Gasteiger partial charge in [-0.1, -0.05) is 48.3 Å². The monoisotopic (exact) mass is 350 g/mol. The molecule has 130 valence electrons. The van der Waals surface area contributed by atoms with Crippen molar-refractivity contribution in [3.8, 4) is 11.4 Å². The normalized spacial score (nSPS) is 15.8. The molecular formula is C16H22N4O3S. The Hall–Kier alpha value is -1.77. The summed E-state index contributed by atoms with van der Waals surface area (Å²) in [6.07, 6.45) is 5.16. The van der Waals surface area contributed by atoms with Crippen LogP contribution in [0.25, 0.3) is 11.4 Å². The molecule has 1 aromatic heterocycles. The summed E-state index contributed by atoms with van der Waals surface area (Å²) in [4.78, 5) is 4.33. The van der Waals surface area contributed by atoms with E-state index in [-0.39, 0.29) is 6.04 Å². The summed E-state index contributed by atoms with van der Waals surface area (Å²) in [6.45, 7) is 0.338. The second kappa shape index (κ2) is 7.87. The van der Waals surface area contributed by atoms with Crippen molar-refractivity contribution in [1.29, 1.82) is 0 Å². The first-order chi connectivity index (χ1) is 11.6. The second-order valence-electron chi connectivity index (χ2n) is 5.98. The Balaban J connectivity index is 1.43. The van der Waals surface area contributed by atoms with Crippen LogP contribution in [-0.2, 0) is 16.6 Å². The highest BCUT2D eigenvalue weighted by molar-refractivity contribution is 7.87. The van der Waals surface area contributed by atoms with Crippen molar-refractivity contribution >= 4 is 10.2 Å². The van der Waals surface area contributed by atoms with E-state index in [1.165, 1.54) is 0 Å². The SMILES string of the molecule is O=S(=O)(NCCCc1nc(-c2ccccc2)no1)NC1CCCC1. The highest BCUT2D eigenvalue weighted by atomic mass is 32.2. The van der Waals surface area contributed by atoms with Crippen molar-refractivity contribution in [2.24, 2.45) is 0 Å². The number of aryl methyl sites for hydroxylation is 1. The minimum atomic E-state index is -3.42. The number of hydrogen-bond acceptors (Lipinski definition) is 5. The van der Waals surface area contributed by atoms with Crippen molar-refractivity contribution in [2.75, 3.05) is 6.54 Å². The molecule has 1 saturated carbocycles. The molecule has 3 rings (SSSR count). The first-order valence-electron chi connectivity index (χ1n) is 8.27. The third-order valence-electron chi connectivity index (χ3n) is 4.04. The number of rotatable bonds is 8. The molecule has 0 amide bonds. The molecule has 24 heavy (non-hydrogen) atoms. The Morgan fingerprint density at radius 1 is 1.17 bits per heavy atom. The Morgan fingerprint density at radius 2 is 1.92 bits per heavy atom. The molecule has 1 aliphatic carbocycles. The van der Waals surface area contributed by atoms with Crippen LogP contribution in [0.4, 0.5) is 0 Å². The average molecular weight is 350 g/mol. The van der Waals surface area contributed by atoms with E-state index in [4.69, 9.17) is 4.52 Å². The Bertz CT molecular complexity index is 740. The number of nitrogens with zero attached hydrogens (tertiary/aromatic N) is 2. The van der Waals surface area contributed by atoms with Gasteiger partial charge in [-0.2, -0.15) is 18.1 Å². The fourth-order valence-electron chi connectivity index (χ4n) is 2.81. The van der Waals surface area contributed by atoms with Gasteiger partial charge in [-0.3, -0.25) is 0 Å².